The Morgan fingerprint density at radius 2 is 1.80 bits per heavy atom. The van der Waals surface area contributed by atoms with Gasteiger partial charge in [0.25, 0.3) is 0 Å². The number of phenols is 1. The number of ether oxygens (including phenoxy) is 2. The van der Waals surface area contributed by atoms with Gasteiger partial charge in [-0.3, -0.25) is 9.59 Å². The molecular formula is C36H50N2O7. The molecule has 1 fully saturated rings. The van der Waals surface area contributed by atoms with Crippen molar-refractivity contribution >= 4 is 23.5 Å². The summed E-state index contributed by atoms with van der Waals surface area (Å²) in [6.07, 6.45) is 17.4. The highest BCUT2D eigenvalue weighted by Crippen LogP contribution is 2.26. The number of esters is 1. The zero-order valence-electron chi connectivity index (χ0n) is 27.0. The lowest BCUT2D eigenvalue weighted by atomic mass is 9.88. The molecule has 1 saturated carbocycles. The minimum atomic E-state index is -0.874. The van der Waals surface area contributed by atoms with Crippen LogP contribution in [0, 0.1) is 11.8 Å². The van der Waals surface area contributed by atoms with E-state index in [1.807, 2.05) is 44.2 Å². The van der Waals surface area contributed by atoms with Crippen molar-refractivity contribution in [3.8, 4) is 5.75 Å². The molecule has 1 aliphatic heterocycles. The van der Waals surface area contributed by atoms with Gasteiger partial charge in [-0.05, 0) is 62.8 Å². The summed E-state index contributed by atoms with van der Waals surface area (Å²) >= 11 is 0. The summed E-state index contributed by atoms with van der Waals surface area (Å²) < 4.78 is 11.4. The number of phenolic OH excluding ortho intramolecular Hbond substituents is 1. The predicted octanol–water partition coefficient (Wildman–Crippen LogP) is 5.68. The van der Waals surface area contributed by atoms with E-state index in [2.05, 4.69) is 10.6 Å². The van der Waals surface area contributed by atoms with E-state index in [4.69, 9.17) is 9.47 Å². The molecule has 3 rings (SSSR count). The Kier molecular flexibility index (Phi) is 14.6. The number of aliphatic hydroxyl groups excluding tert-OH is 1. The molecule has 45 heavy (non-hydrogen) atoms. The van der Waals surface area contributed by atoms with E-state index in [0.29, 0.717) is 24.9 Å². The van der Waals surface area contributed by atoms with Crippen molar-refractivity contribution in [2.75, 3.05) is 12.4 Å². The predicted molar refractivity (Wildman–Crippen MR) is 175 cm³/mol. The number of aryl methyl sites for hydroxylation is 1. The number of carbonyl (C=O) groups excluding carboxylic acids is 3. The van der Waals surface area contributed by atoms with Crippen LogP contribution >= 0.6 is 0 Å². The first-order valence-corrected chi connectivity index (χ1v) is 16.1. The molecule has 9 heteroatoms. The van der Waals surface area contributed by atoms with Crippen LogP contribution in [-0.2, 0) is 30.3 Å². The van der Waals surface area contributed by atoms with Gasteiger partial charge < -0.3 is 30.3 Å². The van der Waals surface area contributed by atoms with Crippen molar-refractivity contribution < 1.29 is 34.1 Å². The number of amides is 2. The lowest BCUT2D eigenvalue weighted by molar-refractivity contribution is -0.156. The molecule has 1 heterocycles. The number of allylic oxidation sites excluding steroid dienone is 5. The number of hydrogen-bond acceptors (Lipinski definition) is 7. The summed E-state index contributed by atoms with van der Waals surface area (Å²) in [4.78, 5) is 38.5. The van der Waals surface area contributed by atoms with E-state index in [0.717, 1.165) is 43.2 Å². The number of hydrogen-bond donors (Lipinski definition) is 4. The number of nitrogens with one attached hydrogen (secondary N) is 2. The first-order valence-electron chi connectivity index (χ1n) is 16.1. The summed E-state index contributed by atoms with van der Waals surface area (Å²) in [5.41, 5.74) is 2.06. The zero-order chi connectivity index (χ0) is 32.8. The first-order chi connectivity index (χ1) is 21.6. The van der Waals surface area contributed by atoms with Gasteiger partial charge in [0.2, 0.25) is 11.8 Å². The molecule has 1 aromatic carbocycles. The van der Waals surface area contributed by atoms with Crippen LogP contribution in [0.15, 0.2) is 66.3 Å². The smallest absolute Gasteiger partial charge is 0.328 e. The molecule has 2 amide bonds. The molecule has 0 unspecified atom stereocenters. The van der Waals surface area contributed by atoms with E-state index < -0.39 is 36.2 Å². The molecular weight excluding hydrogens is 572 g/mol. The van der Waals surface area contributed by atoms with Gasteiger partial charge in [-0.15, -0.1) is 0 Å². The summed E-state index contributed by atoms with van der Waals surface area (Å²) in [7, 11) is 1.54. The van der Waals surface area contributed by atoms with Crippen molar-refractivity contribution in [1.29, 1.82) is 0 Å². The molecule has 0 saturated heterocycles. The number of aromatic hydroxyl groups is 1. The number of methoxy groups -OCH3 is 1. The lowest BCUT2D eigenvalue weighted by Gasteiger charge is -2.29. The van der Waals surface area contributed by atoms with Gasteiger partial charge in [-0.2, -0.15) is 0 Å². The maximum absolute atomic E-state index is 13.1. The second-order valence-electron chi connectivity index (χ2n) is 12.2. The van der Waals surface area contributed by atoms with Gasteiger partial charge in [0.15, 0.2) is 0 Å². The standard InChI is InChI=1S/C36H50N2O7/c1-24-14-13-15-27-20-29(22-30(39)21-27)38-33(40)23-31(44-4)18-11-6-5-7-12-19-32(25(2)34(24)41)45-36(43)26(3)37-35(42)28-16-9-8-10-17-28/h5-7,11-12,14,18,20-22,25-26,28,31-32,34,39,41H,8-10,13,15-17,19,23H2,1-4H3,(H,37,42)(H,38,40)/b6-5+,12-7-,18-11+,24-14+/t25-,26-,31+,32-,34-/m1/s1. The van der Waals surface area contributed by atoms with Crippen molar-refractivity contribution in [2.24, 2.45) is 11.8 Å². The van der Waals surface area contributed by atoms with Gasteiger partial charge in [-0.1, -0.05) is 68.7 Å². The third kappa shape index (κ3) is 12.0. The Morgan fingerprint density at radius 1 is 1.07 bits per heavy atom. The van der Waals surface area contributed by atoms with Crippen molar-refractivity contribution in [3.05, 3.63) is 71.9 Å². The van der Waals surface area contributed by atoms with Crippen LogP contribution < -0.4 is 10.6 Å². The monoisotopic (exact) mass is 622 g/mol. The number of fused-ring (bicyclic) bond motifs is 2. The second kappa shape index (κ2) is 18.3. The molecule has 2 bridgehead atoms. The topological polar surface area (TPSA) is 134 Å². The molecule has 2 aliphatic rings. The average molecular weight is 623 g/mol. The fourth-order valence-corrected chi connectivity index (χ4v) is 5.70. The molecule has 0 aromatic heterocycles. The quantitative estimate of drug-likeness (QED) is 0.245. The average Bonchev–Trinajstić information content (AvgIpc) is 3.01. The van der Waals surface area contributed by atoms with E-state index >= 15 is 0 Å². The number of rotatable bonds is 5. The normalized spacial score (nSPS) is 28.2. The van der Waals surface area contributed by atoms with Crippen molar-refractivity contribution in [3.63, 3.8) is 0 Å². The van der Waals surface area contributed by atoms with Crippen LogP contribution in [0.4, 0.5) is 5.69 Å². The Morgan fingerprint density at radius 3 is 2.53 bits per heavy atom. The minimum absolute atomic E-state index is 0.0465. The third-order valence-corrected chi connectivity index (χ3v) is 8.52. The highest BCUT2D eigenvalue weighted by Gasteiger charge is 2.31. The van der Waals surface area contributed by atoms with Crippen LogP contribution in [0.3, 0.4) is 0 Å². The number of anilines is 1. The van der Waals surface area contributed by atoms with Gasteiger partial charge in [-0.25, -0.2) is 4.79 Å². The maximum Gasteiger partial charge on any atom is 0.328 e. The largest absolute Gasteiger partial charge is 0.508 e. The second-order valence-corrected chi connectivity index (χ2v) is 12.2. The van der Waals surface area contributed by atoms with Crippen LogP contribution in [0.2, 0.25) is 0 Å². The Labute approximate surface area is 267 Å². The fraction of sp³-hybridized carbons (Fsp3) is 0.528. The molecule has 4 N–H and O–H groups in total. The Hall–Kier alpha value is -3.69. The molecule has 9 nitrogen and oxygen atoms in total. The third-order valence-electron chi connectivity index (χ3n) is 8.52. The van der Waals surface area contributed by atoms with E-state index in [1.165, 1.54) is 13.2 Å². The van der Waals surface area contributed by atoms with Gasteiger partial charge in [0.05, 0.1) is 18.6 Å². The van der Waals surface area contributed by atoms with Gasteiger partial charge in [0.1, 0.15) is 17.9 Å². The van der Waals surface area contributed by atoms with E-state index in [1.54, 1.807) is 31.2 Å². The summed E-state index contributed by atoms with van der Waals surface area (Å²) in [6, 6.07) is 4.16. The van der Waals surface area contributed by atoms with Crippen LogP contribution in [0.1, 0.15) is 77.7 Å². The fourth-order valence-electron chi connectivity index (χ4n) is 5.70. The first kappa shape index (κ1) is 35.8. The Balaban J connectivity index is 1.78. The highest BCUT2D eigenvalue weighted by molar-refractivity contribution is 5.91. The SMILES string of the molecule is CO[C@H]1/C=C/C=C/C=C\C[C@@H](OC(=O)[C@@H](C)NC(=O)C2CCCCC2)[C@@H](C)[C@H](O)/C(C)=C/CCc2cc(O)cc(c2)NC(=O)C1. The maximum atomic E-state index is 13.1. The molecule has 0 spiro atoms. The molecule has 1 aliphatic carbocycles. The molecule has 5 atom stereocenters. The van der Waals surface area contributed by atoms with Gasteiger partial charge in [0, 0.05) is 37.1 Å². The zero-order valence-corrected chi connectivity index (χ0v) is 27.0. The van der Waals surface area contributed by atoms with Gasteiger partial charge >= 0.3 is 5.97 Å². The summed E-state index contributed by atoms with van der Waals surface area (Å²) in [5, 5.41) is 27.2. The van der Waals surface area contributed by atoms with Crippen molar-refractivity contribution in [2.45, 2.75) is 103 Å². The molecule has 246 valence electrons. The Bertz CT molecular complexity index is 1260. The highest BCUT2D eigenvalue weighted by atomic mass is 16.5. The van der Waals surface area contributed by atoms with Crippen LogP contribution in [0.5, 0.6) is 5.75 Å². The number of carbonyl (C=O) groups is 3. The number of aliphatic hydroxyl groups is 1. The minimum Gasteiger partial charge on any atom is -0.508 e. The van der Waals surface area contributed by atoms with Crippen LogP contribution in [-0.4, -0.2) is 59.5 Å². The summed E-state index contributed by atoms with van der Waals surface area (Å²) in [5.74, 6) is -1.33. The summed E-state index contributed by atoms with van der Waals surface area (Å²) in [6.45, 7) is 5.33. The lowest BCUT2D eigenvalue weighted by Crippen LogP contribution is -2.45. The molecule has 1 aromatic rings. The number of benzene rings is 1. The van der Waals surface area contributed by atoms with Crippen LogP contribution in [0.25, 0.3) is 0 Å². The van der Waals surface area contributed by atoms with E-state index in [9.17, 15) is 24.6 Å². The molecule has 0 radical (unpaired) electrons. The van der Waals surface area contributed by atoms with E-state index in [-0.39, 0.29) is 29.9 Å². The van der Waals surface area contributed by atoms with Crippen molar-refractivity contribution in [1.82, 2.24) is 5.32 Å².